The van der Waals surface area contributed by atoms with Crippen LogP contribution in [0.5, 0.6) is 0 Å². The molecule has 1 amide bonds. The Bertz CT molecular complexity index is 869. The maximum Gasteiger partial charge on any atom is 0.410 e. The van der Waals surface area contributed by atoms with Crippen LogP contribution in [0.4, 0.5) is 4.79 Å². The Morgan fingerprint density at radius 2 is 1.80 bits per heavy atom. The van der Waals surface area contributed by atoms with Crippen LogP contribution in [0.2, 0.25) is 0 Å². The van der Waals surface area contributed by atoms with Gasteiger partial charge in [-0.2, -0.15) is 0 Å². The lowest BCUT2D eigenvalue weighted by atomic mass is 9.47. The Labute approximate surface area is 254 Å². The Balaban J connectivity index is 1.35. The minimum Gasteiger partial charge on any atom is -0.446 e. The van der Waals surface area contributed by atoms with E-state index in [1.807, 2.05) is 4.90 Å². The van der Waals surface area contributed by atoms with Crippen LogP contribution in [-0.2, 0) is 4.74 Å². The Morgan fingerprint density at radius 3 is 2.54 bits per heavy atom. The summed E-state index contributed by atoms with van der Waals surface area (Å²) in [5.74, 6) is 5.20. The smallest absolute Gasteiger partial charge is 0.410 e. The molecule has 4 rings (SSSR count). The summed E-state index contributed by atoms with van der Waals surface area (Å²) in [6.07, 6.45) is 20.1. The molecule has 4 heteroatoms. The monoisotopic (exact) mass is 571 g/mol. The van der Waals surface area contributed by atoms with Gasteiger partial charge in [0.15, 0.2) is 0 Å². The third-order valence-electron chi connectivity index (χ3n) is 12.6. The number of ether oxygens (including phenoxy) is 1. The van der Waals surface area contributed by atoms with Gasteiger partial charge in [-0.25, -0.2) is 4.79 Å². The zero-order valence-electron chi connectivity index (χ0n) is 28.1. The van der Waals surface area contributed by atoms with Gasteiger partial charge in [0.25, 0.3) is 0 Å². The molecule has 0 aromatic rings. The molecule has 0 aromatic heterocycles. The van der Waals surface area contributed by atoms with E-state index in [0.29, 0.717) is 10.8 Å². The molecule has 4 nitrogen and oxygen atoms in total. The topological polar surface area (TPSA) is 41.6 Å². The highest BCUT2D eigenvalue weighted by molar-refractivity contribution is 5.67. The second-order valence-corrected chi connectivity index (χ2v) is 15.6. The van der Waals surface area contributed by atoms with Crippen molar-refractivity contribution in [2.24, 2.45) is 46.3 Å². The molecule has 0 aromatic carbocycles. The third-order valence-corrected chi connectivity index (χ3v) is 12.6. The second-order valence-electron chi connectivity index (χ2n) is 15.6. The van der Waals surface area contributed by atoms with Gasteiger partial charge in [0, 0.05) is 19.5 Å². The molecule has 1 N–H and O–H groups in total. The molecule has 0 heterocycles. The largest absolute Gasteiger partial charge is 0.446 e. The van der Waals surface area contributed by atoms with E-state index in [1.165, 1.54) is 57.8 Å². The van der Waals surface area contributed by atoms with Gasteiger partial charge < -0.3 is 15.0 Å². The maximum absolute atomic E-state index is 13.2. The number of carbonyl (C=O) groups excluding carboxylic acids is 1. The fourth-order valence-electron chi connectivity index (χ4n) is 10.3. The van der Waals surface area contributed by atoms with Crippen molar-refractivity contribution in [3.8, 4) is 0 Å². The van der Waals surface area contributed by atoms with Gasteiger partial charge in [0.2, 0.25) is 0 Å². The summed E-state index contributed by atoms with van der Waals surface area (Å²) in [4.78, 5) is 15.2. The molecule has 0 radical (unpaired) electrons. The van der Waals surface area contributed by atoms with Crippen LogP contribution in [0.15, 0.2) is 11.6 Å². The molecular weight excluding hydrogens is 504 g/mol. The van der Waals surface area contributed by atoms with E-state index >= 15 is 0 Å². The minimum atomic E-state index is -0.0777. The van der Waals surface area contributed by atoms with Crippen molar-refractivity contribution in [3.63, 3.8) is 0 Å². The number of hydrogen-bond donors (Lipinski definition) is 1. The van der Waals surface area contributed by atoms with Gasteiger partial charge in [0.05, 0.1) is 0 Å². The number of carbonyl (C=O) groups is 1. The van der Waals surface area contributed by atoms with Gasteiger partial charge in [-0.1, -0.05) is 79.4 Å². The number of allylic oxidation sites excluding steroid dienone is 1. The normalized spacial score (nSPS) is 35.3. The van der Waals surface area contributed by atoms with Crippen LogP contribution in [0.1, 0.15) is 138 Å². The number of fused-ring (bicyclic) bond motifs is 5. The first-order valence-corrected chi connectivity index (χ1v) is 18.0. The number of hydrogen-bond acceptors (Lipinski definition) is 3. The van der Waals surface area contributed by atoms with Crippen LogP contribution in [0.3, 0.4) is 0 Å². The zero-order chi connectivity index (χ0) is 29.6. The SMILES string of the molecule is CCCN(CCCCNCC)C(=O)OC1CC[C@@]2(C)C(=CCC3C2CC[C@@]2(C)C3CC[C@@H]2[C@H](C)CCCC(C)C)C1. The minimum absolute atomic E-state index is 0.0518. The summed E-state index contributed by atoms with van der Waals surface area (Å²) in [5, 5.41) is 3.39. The van der Waals surface area contributed by atoms with Crippen molar-refractivity contribution in [1.29, 1.82) is 0 Å². The lowest BCUT2D eigenvalue weighted by molar-refractivity contribution is -0.0593. The zero-order valence-corrected chi connectivity index (χ0v) is 28.1. The summed E-state index contributed by atoms with van der Waals surface area (Å²) in [5.41, 5.74) is 2.47. The molecule has 0 saturated heterocycles. The van der Waals surface area contributed by atoms with Crippen LogP contribution >= 0.6 is 0 Å². The fourth-order valence-corrected chi connectivity index (χ4v) is 10.3. The van der Waals surface area contributed by atoms with Crippen LogP contribution in [0, 0.1) is 46.3 Å². The first-order valence-electron chi connectivity index (χ1n) is 18.0. The van der Waals surface area contributed by atoms with Crippen molar-refractivity contribution in [3.05, 3.63) is 11.6 Å². The third kappa shape index (κ3) is 7.38. The Kier molecular flexibility index (Phi) is 11.7. The predicted octanol–water partition coefficient (Wildman–Crippen LogP) is 9.63. The summed E-state index contributed by atoms with van der Waals surface area (Å²) in [6, 6.07) is 0. The molecule has 4 unspecified atom stereocenters. The van der Waals surface area contributed by atoms with E-state index in [9.17, 15) is 4.79 Å². The van der Waals surface area contributed by atoms with E-state index in [1.54, 1.807) is 5.57 Å². The average Bonchev–Trinajstić information content (AvgIpc) is 3.29. The summed E-state index contributed by atoms with van der Waals surface area (Å²) >= 11 is 0. The van der Waals surface area contributed by atoms with Gasteiger partial charge in [-0.15, -0.1) is 0 Å². The van der Waals surface area contributed by atoms with Gasteiger partial charge in [-0.05, 0) is 124 Å². The average molecular weight is 571 g/mol. The van der Waals surface area contributed by atoms with E-state index < -0.39 is 0 Å². The van der Waals surface area contributed by atoms with E-state index in [4.69, 9.17) is 4.74 Å². The van der Waals surface area contributed by atoms with Crippen molar-refractivity contribution in [2.75, 3.05) is 26.2 Å². The van der Waals surface area contributed by atoms with Gasteiger partial charge >= 0.3 is 6.09 Å². The summed E-state index contributed by atoms with van der Waals surface area (Å²) in [7, 11) is 0. The molecule has 3 saturated carbocycles. The first kappa shape index (κ1) is 32.9. The first-order chi connectivity index (χ1) is 19.6. The van der Waals surface area contributed by atoms with Crippen molar-refractivity contribution < 1.29 is 9.53 Å². The summed E-state index contributed by atoms with van der Waals surface area (Å²) in [6.45, 7) is 20.6. The molecular formula is C37H66N2O2. The number of nitrogens with zero attached hydrogens (tertiary/aromatic N) is 1. The van der Waals surface area contributed by atoms with Crippen molar-refractivity contribution >= 4 is 6.09 Å². The molecule has 0 spiro atoms. The second kappa shape index (κ2) is 14.6. The molecule has 0 aliphatic heterocycles. The highest BCUT2D eigenvalue weighted by atomic mass is 16.6. The number of nitrogens with one attached hydrogen (secondary N) is 1. The molecule has 8 atom stereocenters. The fraction of sp³-hybridized carbons (Fsp3) is 0.919. The number of unbranched alkanes of at least 4 members (excludes halogenated alkanes) is 1. The maximum atomic E-state index is 13.2. The Hall–Kier alpha value is -1.03. The molecule has 4 aliphatic carbocycles. The highest BCUT2D eigenvalue weighted by Gasteiger charge is 2.59. The van der Waals surface area contributed by atoms with Crippen LogP contribution in [-0.4, -0.2) is 43.3 Å². The van der Waals surface area contributed by atoms with E-state index in [-0.39, 0.29) is 12.2 Å². The quantitative estimate of drug-likeness (QED) is 0.167. The summed E-state index contributed by atoms with van der Waals surface area (Å²) < 4.78 is 6.22. The van der Waals surface area contributed by atoms with Gasteiger partial charge in [0.1, 0.15) is 6.10 Å². The number of amides is 1. The van der Waals surface area contributed by atoms with Crippen molar-refractivity contribution in [1.82, 2.24) is 10.2 Å². The van der Waals surface area contributed by atoms with Crippen LogP contribution in [0.25, 0.3) is 0 Å². The lowest BCUT2D eigenvalue weighted by Gasteiger charge is -2.58. The van der Waals surface area contributed by atoms with E-state index in [0.717, 1.165) is 93.8 Å². The molecule has 4 aliphatic rings. The molecule has 3 fully saturated rings. The lowest BCUT2D eigenvalue weighted by Crippen LogP contribution is -2.51. The number of rotatable bonds is 14. The van der Waals surface area contributed by atoms with Crippen molar-refractivity contribution in [2.45, 2.75) is 144 Å². The van der Waals surface area contributed by atoms with E-state index in [2.05, 4.69) is 59.9 Å². The Morgan fingerprint density at radius 1 is 1.00 bits per heavy atom. The molecule has 41 heavy (non-hydrogen) atoms. The predicted molar refractivity (Wildman–Crippen MR) is 173 cm³/mol. The standard InChI is InChI=1S/C37H66N2O2/c1-8-24-39(25-11-10-23-38-9-2)35(40)41-30-19-21-36(6)29(26-30)15-16-31-33-18-17-32(28(5)14-12-13-27(3)4)37(33,7)22-20-34(31)36/h15,27-28,30-34,38H,8-14,16-26H2,1-7H3/t28-,30?,31?,32-,33?,34?,36+,37-/m1/s1. The molecule has 236 valence electrons. The van der Waals surface area contributed by atoms with Gasteiger partial charge in [-0.3, -0.25) is 0 Å². The highest BCUT2D eigenvalue weighted by Crippen LogP contribution is 2.67. The molecule has 0 bridgehead atoms. The van der Waals surface area contributed by atoms with Crippen LogP contribution < -0.4 is 5.32 Å².